The number of H-pyrrole nitrogens is 1. The van der Waals surface area contributed by atoms with E-state index in [1.165, 1.54) is 33.4 Å². The zero-order valence-electron chi connectivity index (χ0n) is 35.2. The van der Waals surface area contributed by atoms with Crippen LogP contribution < -0.4 is 36.9 Å². The Morgan fingerprint density at radius 2 is 1.69 bits per heavy atom. The van der Waals surface area contributed by atoms with E-state index in [2.05, 4.69) is 36.1 Å². The Bertz CT molecular complexity index is 2360. The highest BCUT2D eigenvalue weighted by atomic mass is 33.1. The Hall–Kier alpha value is -6.13. The van der Waals surface area contributed by atoms with Crippen LogP contribution in [-0.2, 0) is 56.2 Å². The Balaban J connectivity index is 1.15. The summed E-state index contributed by atoms with van der Waals surface area (Å²) in [5.41, 5.74) is 8.44. The third-order valence-corrected chi connectivity index (χ3v) is 13.3. The molecule has 7 amide bonds. The summed E-state index contributed by atoms with van der Waals surface area (Å²) in [6.07, 6.45) is 7.57. The normalized spacial score (nSPS) is 23.7. The summed E-state index contributed by atoms with van der Waals surface area (Å²) in [5, 5.41) is 23.2. The molecule has 0 saturated carbocycles. The van der Waals surface area contributed by atoms with Crippen molar-refractivity contribution < 1.29 is 52.8 Å². The predicted molar refractivity (Wildman–Crippen MR) is 236 cm³/mol. The van der Waals surface area contributed by atoms with E-state index in [0.717, 1.165) is 22.1 Å². The van der Waals surface area contributed by atoms with Crippen LogP contribution in [0.2, 0.25) is 0 Å². The van der Waals surface area contributed by atoms with Gasteiger partial charge in [0, 0.05) is 59.6 Å². The zero-order valence-corrected chi connectivity index (χ0v) is 36.8. The van der Waals surface area contributed by atoms with Crippen LogP contribution in [-0.4, -0.2) is 128 Å². The molecule has 5 heterocycles. The van der Waals surface area contributed by atoms with Crippen LogP contribution in [0, 0.1) is 0 Å². The van der Waals surface area contributed by atoms with Crippen LogP contribution in [0.25, 0.3) is 16.6 Å². The van der Waals surface area contributed by atoms with Crippen LogP contribution in [0.15, 0.2) is 67.3 Å². The number of benzene rings is 1. The Morgan fingerprint density at radius 3 is 2.48 bits per heavy atom. The number of nitrogens with two attached hydrogens (primary N) is 1. The molecule has 342 valence electrons. The van der Waals surface area contributed by atoms with Crippen molar-refractivity contribution in [3.8, 4) is 0 Å². The van der Waals surface area contributed by atoms with E-state index in [-0.39, 0.29) is 43.9 Å². The van der Waals surface area contributed by atoms with E-state index in [1.54, 1.807) is 0 Å². The monoisotopic (exact) mass is 921 g/mol. The van der Waals surface area contributed by atoms with Crippen LogP contribution >= 0.6 is 21.6 Å². The van der Waals surface area contributed by atoms with Crippen molar-refractivity contribution in [1.29, 1.82) is 0 Å². The molecule has 0 bridgehead atoms. The van der Waals surface area contributed by atoms with Gasteiger partial charge in [0.15, 0.2) is 0 Å². The number of hydrogen-bond donors (Lipinski definition) is 8. The molecule has 2 saturated heterocycles. The molecule has 6 rings (SSSR count). The maximum Gasteiger partial charge on any atom is 0.305 e. The summed E-state index contributed by atoms with van der Waals surface area (Å²) in [7, 11) is 2.46. The number of carbonyl (C=O) groups is 8. The molecule has 0 aliphatic carbocycles. The van der Waals surface area contributed by atoms with Crippen molar-refractivity contribution in [3.05, 3.63) is 72.8 Å². The highest BCUT2D eigenvalue weighted by Crippen LogP contribution is 2.27. The Kier molecular flexibility index (Phi) is 16.6. The molecule has 4 aromatic rings. The fourth-order valence-corrected chi connectivity index (χ4v) is 9.75. The lowest BCUT2D eigenvalue weighted by atomic mass is 10.1. The minimum Gasteiger partial charge on any atom is -0.481 e. The van der Waals surface area contributed by atoms with Gasteiger partial charge in [-0.1, -0.05) is 45.9 Å². The smallest absolute Gasteiger partial charge is 0.305 e. The SMILES string of the molecule is C[C@@H]1NC(=O)[C@H](CC(=O)O)NC(=O)CNC(=O)[C@H](CCCC[n+]2ccn3ccccc32)NC(=O)CCSSCC(C(N)=O)NC(=O)C2CC(OCc3c[nH]c4ccccc34)CN2C1=O. The number of para-hydroxylation sites is 1. The lowest BCUT2D eigenvalue weighted by molar-refractivity contribution is -0.671. The van der Waals surface area contributed by atoms with E-state index in [1.807, 2.05) is 71.7 Å². The zero-order chi connectivity index (χ0) is 45.8. The maximum absolute atomic E-state index is 14.0. The number of aliphatic carboxylic acids is 1. The molecule has 3 unspecified atom stereocenters. The second-order valence-electron chi connectivity index (χ2n) is 15.6. The Morgan fingerprint density at radius 1 is 0.906 bits per heavy atom. The highest BCUT2D eigenvalue weighted by Gasteiger charge is 2.43. The van der Waals surface area contributed by atoms with Gasteiger partial charge in [0.05, 0.1) is 38.4 Å². The number of pyridine rings is 1. The molecule has 0 spiro atoms. The first-order valence-electron chi connectivity index (χ1n) is 20.9. The molecular formula is C42H53N10O10S2+. The molecule has 6 atom stereocenters. The topological polar surface area (TPSA) is 280 Å². The average Bonchev–Trinajstić information content (AvgIpc) is 4.01. The number of aromatic nitrogens is 3. The van der Waals surface area contributed by atoms with Crippen molar-refractivity contribution in [1.82, 2.24) is 40.9 Å². The van der Waals surface area contributed by atoms with Gasteiger partial charge in [0.2, 0.25) is 41.4 Å². The molecule has 2 fully saturated rings. The van der Waals surface area contributed by atoms with Crippen LogP contribution in [0.3, 0.4) is 0 Å². The van der Waals surface area contributed by atoms with Gasteiger partial charge in [-0.05, 0) is 38.3 Å². The number of carbonyl (C=O) groups excluding carboxylic acids is 7. The van der Waals surface area contributed by atoms with Gasteiger partial charge in [-0.15, -0.1) is 0 Å². The number of primary amides is 1. The van der Waals surface area contributed by atoms with E-state index >= 15 is 0 Å². The first kappa shape index (κ1) is 47.4. The number of fused-ring (bicyclic) bond motifs is 3. The molecule has 22 heteroatoms. The van der Waals surface area contributed by atoms with E-state index in [9.17, 15) is 43.5 Å². The van der Waals surface area contributed by atoms with Gasteiger partial charge < -0.3 is 52.0 Å². The number of carboxylic acid groups (broad SMARTS) is 1. The average molecular weight is 922 g/mol. The number of amides is 7. The van der Waals surface area contributed by atoms with Crippen LogP contribution in [0.4, 0.5) is 0 Å². The molecular weight excluding hydrogens is 869 g/mol. The fourth-order valence-electron chi connectivity index (χ4n) is 7.59. The second-order valence-corrected chi connectivity index (χ2v) is 18.2. The second kappa shape index (κ2) is 22.5. The van der Waals surface area contributed by atoms with E-state index in [0.29, 0.717) is 19.4 Å². The van der Waals surface area contributed by atoms with Gasteiger partial charge in [-0.2, -0.15) is 0 Å². The third kappa shape index (κ3) is 12.7. The number of ether oxygens (including phenoxy) is 1. The van der Waals surface area contributed by atoms with Crippen molar-refractivity contribution >= 4 is 85.5 Å². The predicted octanol–water partition coefficient (Wildman–Crippen LogP) is -0.115. The van der Waals surface area contributed by atoms with Crippen LogP contribution in [0.1, 0.15) is 51.0 Å². The molecule has 64 heavy (non-hydrogen) atoms. The maximum atomic E-state index is 14.0. The number of nitrogens with one attached hydrogen (secondary N) is 6. The van der Waals surface area contributed by atoms with Crippen molar-refractivity contribution in [2.24, 2.45) is 5.73 Å². The number of unbranched alkanes of at least 4 members (excludes halogenated alkanes) is 1. The summed E-state index contributed by atoms with van der Waals surface area (Å²) in [5.74, 6) is -6.33. The van der Waals surface area contributed by atoms with E-state index < -0.39 is 96.6 Å². The first-order valence-corrected chi connectivity index (χ1v) is 23.4. The van der Waals surface area contributed by atoms with Crippen molar-refractivity contribution in [2.75, 3.05) is 24.6 Å². The summed E-state index contributed by atoms with van der Waals surface area (Å²) in [6.45, 7) is 1.44. The molecule has 2 aliphatic rings. The first-order chi connectivity index (χ1) is 30.8. The van der Waals surface area contributed by atoms with Gasteiger partial charge in [0.1, 0.15) is 42.6 Å². The summed E-state index contributed by atoms with van der Waals surface area (Å²) in [4.78, 5) is 110. The van der Waals surface area contributed by atoms with Gasteiger partial charge in [-0.3, -0.25) is 38.4 Å². The van der Waals surface area contributed by atoms with Crippen LogP contribution in [0.5, 0.6) is 0 Å². The number of nitrogens with zero attached hydrogens (tertiary/aromatic N) is 3. The number of carboxylic acids is 1. The number of aryl methyl sites for hydroxylation is 1. The van der Waals surface area contributed by atoms with Gasteiger partial charge in [0.25, 0.3) is 5.65 Å². The molecule has 3 aromatic heterocycles. The van der Waals surface area contributed by atoms with Gasteiger partial charge >= 0.3 is 5.97 Å². The largest absolute Gasteiger partial charge is 0.481 e. The number of aromatic amines is 1. The lowest BCUT2D eigenvalue weighted by Gasteiger charge is -2.28. The third-order valence-electron chi connectivity index (χ3n) is 10.9. The minimum absolute atomic E-state index is 0.00857. The summed E-state index contributed by atoms with van der Waals surface area (Å²) in [6, 6.07) is 7.16. The molecule has 1 aromatic carbocycles. The standard InChI is InChI=1S/C42H52N10O10S2/c1-25-42(61)52-22-27(62-23-26-20-44-29-9-3-2-8-28(26)29)18-33(52)41(60)49-32(38(43)57)24-64-63-17-12-34(53)47-30(10-4-6-13-50-15-16-51-14-7-5-11-36(50)51)39(58)45-21-35(54)48-31(19-37(55)56)40(59)46-25/h2-3,5,7-9,11,14-16,20,25,27,30-33,44H,4,6,10,12-13,17-19,21-24H2,1H3,(H7-,43,45,46,47,48,49,53,54,55,56,57,58,59,60)/p+1/t25-,27?,30-,31-,32?,33?/m0/s1. The summed E-state index contributed by atoms with van der Waals surface area (Å²) >= 11 is 0. The van der Waals surface area contributed by atoms with Crippen molar-refractivity contribution in [2.45, 2.75) is 94.9 Å². The molecule has 2 aliphatic heterocycles. The molecule has 20 nitrogen and oxygen atoms in total. The lowest BCUT2D eigenvalue weighted by Crippen LogP contribution is -2.58. The summed E-state index contributed by atoms with van der Waals surface area (Å²) < 4.78 is 10.3. The number of rotatable bonds is 11. The highest BCUT2D eigenvalue weighted by molar-refractivity contribution is 8.76. The van der Waals surface area contributed by atoms with Gasteiger partial charge in [-0.25, -0.2) is 8.97 Å². The van der Waals surface area contributed by atoms with E-state index in [4.69, 9.17) is 10.5 Å². The fraction of sp³-hybridized carbons (Fsp3) is 0.452. The molecule has 0 radical (unpaired) electrons. The number of hydrogen-bond acceptors (Lipinski definition) is 11. The quantitative estimate of drug-likeness (QED) is 0.0556. The van der Waals surface area contributed by atoms with Crippen molar-refractivity contribution in [3.63, 3.8) is 0 Å². The Labute approximate surface area is 375 Å². The minimum atomic E-state index is -1.66. The molecule has 9 N–H and O–H groups in total. The number of imidazole rings is 1.